The highest BCUT2D eigenvalue weighted by Crippen LogP contribution is 2.58. The van der Waals surface area contributed by atoms with E-state index in [1.165, 1.54) is 17.9 Å². The second-order valence-corrected chi connectivity index (χ2v) is 3.98. The normalized spacial score (nSPS) is 47.9. The van der Waals surface area contributed by atoms with E-state index >= 15 is 0 Å². The van der Waals surface area contributed by atoms with Gasteiger partial charge < -0.3 is 0 Å². The van der Waals surface area contributed by atoms with E-state index in [4.69, 9.17) is 11.6 Å². The van der Waals surface area contributed by atoms with Crippen molar-refractivity contribution in [3.63, 3.8) is 0 Å². The SMILES string of the molecule is ClC1=C2CC2[C@@H]2C=C[C@H]1C2. The highest BCUT2D eigenvalue weighted by atomic mass is 35.5. The van der Waals surface area contributed by atoms with Crippen LogP contribution < -0.4 is 0 Å². The Hall–Kier alpha value is -0.230. The lowest BCUT2D eigenvalue weighted by Crippen LogP contribution is -2.05. The summed E-state index contributed by atoms with van der Waals surface area (Å²) >= 11 is 6.13. The zero-order valence-electron chi connectivity index (χ0n) is 5.68. The predicted molar refractivity (Wildman–Crippen MR) is 41.7 cm³/mol. The molecule has 1 unspecified atom stereocenters. The van der Waals surface area contributed by atoms with E-state index in [0.717, 1.165) is 11.8 Å². The molecule has 2 bridgehead atoms. The summed E-state index contributed by atoms with van der Waals surface area (Å²) in [6.07, 6.45) is 7.24. The molecular weight excluding hydrogens is 144 g/mol. The molecule has 0 aromatic heterocycles. The minimum atomic E-state index is 0.611. The number of fused-ring (bicyclic) bond motifs is 4. The minimum Gasteiger partial charge on any atom is -0.0885 e. The maximum Gasteiger partial charge on any atom is 0.0245 e. The van der Waals surface area contributed by atoms with Crippen molar-refractivity contribution in [2.24, 2.45) is 17.8 Å². The van der Waals surface area contributed by atoms with E-state index in [0.29, 0.717) is 5.92 Å². The van der Waals surface area contributed by atoms with Crippen molar-refractivity contribution in [3.8, 4) is 0 Å². The molecule has 3 aliphatic rings. The quantitative estimate of drug-likeness (QED) is 0.469. The molecule has 3 aliphatic carbocycles. The summed E-state index contributed by atoms with van der Waals surface area (Å²) < 4.78 is 0. The lowest BCUT2D eigenvalue weighted by atomic mass is 9.94. The van der Waals surface area contributed by atoms with Crippen molar-refractivity contribution in [3.05, 3.63) is 22.8 Å². The van der Waals surface area contributed by atoms with Crippen LogP contribution in [-0.2, 0) is 0 Å². The van der Waals surface area contributed by atoms with Crippen LogP contribution in [0.25, 0.3) is 0 Å². The van der Waals surface area contributed by atoms with Gasteiger partial charge in [0.25, 0.3) is 0 Å². The van der Waals surface area contributed by atoms with Crippen molar-refractivity contribution in [2.75, 3.05) is 0 Å². The summed E-state index contributed by atoms with van der Waals surface area (Å²) in [6, 6.07) is 0. The van der Waals surface area contributed by atoms with Crippen LogP contribution >= 0.6 is 11.6 Å². The van der Waals surface area contributed by atoms with E-state index in [2.05, 4.69) is 12.2 Å². The molecule has 0 radical (unpaired) electrons. The van der Waals surface area contributed by atoms with Crippen molar-refractivity contribution in [2.45, 2.75) is 12.8 Å². The first kappa shape index (κ1) is 5.42. The highest BCUT2D eigenvalue weighted by Gasteiger charge is 2.46. The molecule has 10 heavy (non-hydrogen) atoms. The summed E-state index contributed by atoms with van der Waals surface area (Å²) in [4.78, 5) is 0. The predicted octanol–water partition coefficient (Wildman–Crippen LogP) is 2.71. The van der Waals surface area contributed by atoms with E-state index in [1.54, 1.807) is 5.57 Å². The van der Waals surface area contributed by atoms with Gasteiger partial charge in [-0.3, -0.25) is 0 Å². The second-order valence-electron chi connectivity index (χ2n) is 3.57. The van der Waals surface area contributed by atoms with Gasteiger partial charge in [0, 0.05) is 11.0 Å². The van der Waals surface area contributed by atoms with Crippen LogP contribution in [0.1, 0.15) is 12.8 Å². The van der Waals surface area contributed by atoms with Gasteiger partial charge in [0.1, 0.15) is 0 Å². The smallest absolute Gasteiger partial charge is 0.0245 e. The van der Waals surface area contributed by atoms with Crippen LogP contribution in [0.4, 0.5) is 0 Å². The number of allylic oxidation sites excluding steroid dienone is 4. The van der Waals surface area contributed by atoms with E-state index < -0.39 is 0 Å². The van der Waals surface area contributed by atoms with E-state index in [9.17, 15) is 0 Å². The van der Waals surface area contributed by atoms with Crippen molar-refractivity contribution in [1.29, 1.82) is 0 Å². The fourth-order valence-electron chi connectivity index (χ4n) is 2.31. The maximum absolute atomic E-state index is 6.13. The number of halogens is 1. The average molecular weight is 153 g/mol. The van der Waals surface area contributed by atoms with Crippen LogP contribution in [0, 0.1) is 17.8 Å². The van der Waals surface area contributed by atoms with Crippen molar-refractivity contribution < 1.29 is 0 Å². The molecule has 0 spiro atoms. The summed E-state index contributed by atoms with van der Waals surface area (Å²) in [6.45, 7) is 0. The largest absolute Gasteiger partial charge is 0.0885 e. The Labute approximate surface area is 65.6 Å². The van der Waals surface area contributed by atoms with Crippen molar-refractivity contribution in [1.82, 2.24) is 0 Å². The van der Waals surface area contributed by atoms with Crippen molar-refractivity contribution >= 4 is 11.6 Å². The molecular formula is C9H9Cl. The number of hydrogen-bond donors (Lipinski definition) is 0. The van der Waals surface area contributed by atoms with Gasteiger partial charge in [-0.1, -0.05) is 29.3 Å². The van der Waals surface area contributed by atoms with Crippen LogP contribution in [0.5, 0.6) is 0 Å². The van der Waals surface area contributed by atoms with Crippen LogP contribution in [-0.4, -0.2) is 0 Å². The van der Waals surface area contributed by atoms with E-state index in [-0.39, 0.29) is 0 Å². The first-order valence-corrected chi connectivity index (χ1v) is 4.31. The minimum absolute atomic E-state index is 0.611. The summed E-state index contributed by atoms with van der Waals surface area (Å²) in [5.41, 5.74) is 1.56. The third kappa shape index (κ3) is 0.497. The molecule has 0 aromatic carbocycles. The molecule has 52 valence electrons. The van der Waals surface area contributed by atoms with Crippen LogP contribution in [0.2, 0.25) is 0 Å². The Kier molecular flexibility index (Phi) is 0.815. The molecule has 0 N–H and O–H groups in total. The molecule has 1 heteroatoms. The monoisotopic (exact) mass is 152 g/mol. The van der Waals surface area contributed by atoms with E-state index in [1.807, 2.05) is 0 Å². The number of rotatable bonds is 0. The highest BCUT2D eigenvalue weighted by molar-refractivity contribution is 6.30. The standard InChI is InChI=1S/C9H9Cl/c10-9-6-2-1-5(3-6)7-4-8(7)9/h1-2,5-7H,3-4H2/t5-,6+,7?/m1/s1. The molecule has 0 aromatic rings. The fourth-order valence-corrected chi connectivity index (χ4v) is 2.69. The Morgan fingerprint density at radius 3 is 3.20 bits per heavy atom. The van der Waals surface area contributed by atoms with Gasteiger partial charge in [-0.2, -0.15) is 0 Å². The Morgan fingerprint density at radius 2 is 2.30 bits per heavy atom. The number of hydrogen-bond acceptors (Lipinski definition) is 0. The zero-order valence-corrected chi connectivity index (χ0v) is 6.43. The molecule has 0 aliphatic heterocycles. The second kappa shape index (κ2) is 1.50. The van der Waals surface area contributed by atoms with Gasteiger partial charge in [-0.15, -0.1) is 0 Å². The van der Waals surface area contributed by atoms with Crippen LogP contribution in [0.3, 0.4) is 0 Å². The lowest BCUT2D eigenvalue weighted by Gasteiger charge is -2.14. The molecule has 1 fully saturated rings. The lowest BCUT2D eigenvalue weighted by molar-refractivity contribution is 0.511. The zero-order chi connectivity index (χ0) is 6.72. The molecule has 1 saturated carbocycles. The molecule has 0 amide bonds. The summed E-state index contributed by atoms with van der Waals surface area (Å²) in [5.74, 6) is 2.34. The Balaban J connectivity index is 2.14. The summed E-state index contributed by atoms with van der Waals surface area (Å²) in [7, 11) is 0. The average Bonchev–Trinajstić information content (AvgIpc) is 2.61. The van der Waals surface area contributed by atoms with Gasteiger partial charge in [0.15, 0.2) is 0 Å². The molecule has 3 atom stereocenters. The van der Waals surface area contributed by atoms with Gasteiger partial charge in [-0.25, -0.2) is 0 Å². The molecule has 0 nitrogen and oxygen atoms in total. The third-order valence-electron chi connectivity index (χ3n) is 2.99. The maximum atomic E-state index is 6.13. The Bertz CT molecular complexity index is 249. The fraction of sp³-hybridized carbons (Fsp3) is 0.556. The summed E-state index contributed by atoms with van der Waals surface area (Å²) in [5, 5.41) is 1.18. The first-order valence-electron chi connectivity index (χ1n) is 3.93. The Morgan fingerprint density at radius 1 is 1.40 bits per heavy atom. The molecule has 0 saturated heterocycles. The van der Waals surface area contributed by atoms with Gasteiger partial charge >= 0.3 is 0 Å². The topological polar surface area (TPSA) is 0 Å². The van der Waals surface area contributed by atoms with Gasteiger partial charge in [0.2, 0.25) is 0 Å². The van der Waals surface area contributed by atoms with Gasteiger partial charge in [-0.05, 0) is 24.7 Å². The van der Waals surface area contributed by atoms with Gasteiger partial charge in [0.05, 0.1) is 0 Å². The molecule has 3 rings (SSSR count). The molecule has 0 heterocycles. The third-order valence-corrected chi connectivity index (χ3v) is 3.52. The van der Waals surface area contributed by atoms with Crippen LogP contribution in [0.15, 0.2) is 22.8 Å². The first-order chi connectivity index (χ1) is 4.86.